The Labute approximate surface area is 131 Å². The van der Waals surface area contributed by atoms with Crippen LogP contribution >= 0.6 is 23.4 Å². The van der Waals surface area contributed by atoms with E-state index in [1.807, 2.05) is 12.1 Å². The fourth-order valence-electron chi connectivity index (χ4n) is 1.67. The molecule has 0 bridgehead atoms. The van der Waals surface area contributed by atoms with Crippen LogP contribution in [-0.4, -0.2) is 11.7 Å². The van der Waals surface area contributed by atoms with Crippen LogP contribution in [-0.2, 0) is 10.5 Å². The van der Waals surface area contributed by atoms with Gasteiger partial charge in [-0.1, -0.05) is 23.7 Å². The summed E-state index contributed by atoms with van der Waals surface area (Å²) in [6, 6.07) is 11.5. The second kappa shape index (κ2) is 7.33. The number of hydrogen-bond acceptors (Lipinski definition) is 3. The van der Waals surface area contributed by atoms with Gasteiger partial charge < -0.3 is 11.1 Å². The fourth-order valence-corrected chi connectivity index (χ4v) is 2.58. The van der Waals surface area contributed by atoms with E-state index in [0.29, 0.717) is 16.5 Å². The summed E-state index contributed by atoms with van der Waals surface area (Å²) in [5.41, 5.74) is 7.14. The maximum atomic E-state index is 13.5. The van der Waals surface area contributed by atoms with Crippen molar-refractivity contribution in [3.05, 3.63) is 58.9 Å². The fraction of sp³-hybridized carbons (Fsp3) is 0.133. The molecule has 0 unspecified atom stereocenters. The molecule has 3 nitrogen and oxygen atoms in total. The van der Waals surface area contributed by atoms with Gasteiger partial charge in [0.2, 0.25) is 5.91 Å². The molecule has 0 radical (unpaired) electrons. The second-order valence-corrected chi connectivity index (χ2v) is 5.83. The van der Waals surface area contributed by atoms with Crippen LogP contribution in [0, 0.1) is 5.82 Å². The summed E-state index contributed by atoms with van der Waals surface area (Å²) in [7, 11) is 0. The van der Waals surface area contributed by atoms with Crippen molar-refractivity contribution in [1.82, 2.24) is 0 Å². The van der Waals surface area contributed by atoms with Gasteiger partial charge in [0.1, 0.15) is 5.82 Å². The topological polar surface area (TPSA) is 55.1 Å². The summed E-state index contributed by atoms with van der Waals surface area (Å²) in [6.45, 7) is 0. The van der Waals surface area contributed by atoms with Gasteiger partial charge in [0.15, 0.2) is 0 Å². The van der Waals surface area contributed by atoms with Crippen LogP contribution in [0.2, 0.25) is 5.02 Å². The first-order chi connectivity index (χ1) is 10.0. The first-order valence-electron chi connectivity index (χ1n) is 6.21. The molecule has 0 saturated heterocycles. The van der Waals surface area contributed by atoms with E-state index in [0.717, 1.165) is 5.56 Å². The Morgan fingerprint density at radius 3 is 2.67 bits per heavy atom. The van der Waals surface area contributed by atoms with E-state index < -0.39 is 5.82 Å². The summed E-state index contributed by atoms with van der Waals surface area (Å²) in [6.07, 6.45) is 0. The molecule has 21 heavy (non-hydrogen) atoms. The lowest BCUT2D eigenvalue weighted by Crippen LogP contribution is -2.15. The molecule has 0 saturated carbocycles. The number of benzene rings is 2. The van der Waals surface area contributed by atoms with Gasteiger partial charge in [-0.3, -0.25) is 4.79 Å². The van der Waals surface area contributed by atoms with E-state index in [2.05, 4.69) is 5.32 Å². The molecule has 2 rings (SSSR count). The molecule has 3 N–H and O–H groups in total. The van der Waals surface area contributed by atoms with Gasteiger partial charge in [-0.25, -0.2) is 4.39 Å². The molecule has 0 fully saturated rings. The van der Waals surface area contributed by atoms with Crippen LogP contribution < -0.4 is 11.1 Å². The van der Waals surface area contributed by atoms with Crippen molar-refractivity contribution in [1.29, 1.82) is 0 Å². The van der Waals surface area contributed by atoms with Gasteiger partial charge in [-0.15, -0.1) is 11.8 Å². The highest BCUT2D eigenvalue weighted by Crippen LogP contribution is 2.19. The average molecular weight is 325 g/mol. The number of carbonyl (C=O) groups excluding carboxylic acids is 1. The standard InChI is InChI=1S/C15H14ClFN2OS/c16-11-3-1-10(2-4-11)8-21-9-15(20)19-14-7-12(18)5-6-13(14)17/h1-7H,8-9,18H2,(H,19,20). The average Bonchev–Trinajstić information content (AvgIpc) is 2.45. The number of thioether (sulfide) groups is 1. The van der Waals surface area contributed by atoms with Crippen molar-refractivity contribution >= 4 is 40.6 Å². The Hall–Kier alpha value is -1.72. The van der Waals surface area contributed by atoms with Crippen LogP contribution in [0.4, 0.5) is 15.8 Å². The lowest BCUT2D eigenvalue weighted by Gasteiger charge is -2.07. The molecule has 0 aliphatic heterocycles. The third kappa shape index (κ3) is 4.95. The first-order valence-corrected chi connectivity index (χ1v) is 7.75. The number of hydrogen-bond donors (Lipinski definition) is 2. The van der Waals surface area contributed by atoms with Crippen LogP contribution in [0.5, 0.6) is 0 Å². The molecule has 0 spiro atoms. The molecule has 0 atom stereocenters. The molecule has 0 aliphatic carbocycles. The zero-order chi connectivity index (χ0) is 15.2. The molecule has 2 aromatic carbocycles. The van der Waals surface area contributed by atoms with Crippen molar-refractivity contribution in [2.75, 3.05) is 16.8 Å². The van der Waals surface area contributed by atoms with E-state index in [9.17, 15) is 9.18 Å². The van der Waals surface area contributed by atoms with Crippen LogP contribution in [0.3, 0.4) is 0 Å². The number of halogens is 2. The minimum Gasteiger partial charge on any atom is -0.399 e. The molecule has 2 aromatic rings. The molecular formula is C15H14ClFN2OS. The maximum absolute atomic E-state index is 13.5. The van der Waals surface area contributed by atoms with E-state index in [1.54, 1.807) is 12.1 Å². The SMILES string of the molecule is Nc1ccc(F)c(NC(=O)CSCc2ccc(Cl)cc2)c1. The largest absolute Gasteiger partial charge is 0.399 e. The minimum absolute atomic E-state index is 0.104. The Bertz CT molecular complexity index is 634. The first kappa shape index (κ1) is 15.7. The van der Waals surface area contributed by atoms with Crippen LogP contribution in [0.25, 0.3) is 0 Å². The lowest BCUT2D eigenvalue weighted by atomic mass is 10.2. The van der Waals surface area contributed by atoms with Crippen LogP contribution in [0.1, 0.15) is 5.56 Å². The van der Waals surface area contributed by atoms with Crippen molar-refractivity contribution in [2.24, 2.45) is 0 Å². The maximum Gasteiger partial charge on any atom is 0.234 e. The minimum atomic E-state index is -0.500. The number of nitrogens with one attached hydrogen (secondary N) is 1. The predicted octanol–water partition coefficient (Wildman–Crippen LogP) is 3.93. The smallest absolute Gasteiger partial charge is 0.234 e. The molecule has 1 amide bonds. The molecule has 6 heteroatoms. The van der Waals surface area contributed by atoms with Gasteiger partial charge in [0, 0.05) is 16.5 Å². The number of anilines is 2. The highest BCUT2D eigenvalue weighted by molar-refractivity contribution is 7.99. The third-order valence-corrected chi connectivity index (χ3v) is 3.94. The van der Waals surface area contributed by atoms with Gasteiger partial charge in [-0.2, -0.15) is 0 Å². The van der Waals surface area contributed by atoms with Crippen molar-refractivity contribution < 1.29 is 9.18 Å². The zero-order valence-electron chi connectivity index (χ0n) is 11.1. The van der Waals surface area contributed by atoms with E-state index >= 15 is 0 Å². The van der Waals surface area contributed by atoms with E-state index in [-0.39, 0.29) is 17.3 Å². The number of rotatable bonds is 5. The Morgan fingerprint density at radius 1 is 1.24 bits per heavy atom. The van der Waals surface area contributed by atoms with E-state index in [1.165, 1.54) is 30.0 Å². The van der Waals surface area contributed by atoms with Gasteiger partial charge in [0.05, 0.1) is 11.4 Å². The van der Waals surface area contributed by atoms with Crippen LogP contribution in [0.15, 0.2) is 42.5 Å². The predicted molar refractivity (Wildman–Crippen MR) is 87.1 cm³/mol. The molecule has 0 heterocycles. The summed E-state index contributed by atoms with van der Waals surface area (Å²) < 4.78 is 13.5. The quantitative estimate of drug-likeness (QED) is 0.819. The molecule has 110 valence electrons. The van der Waals surface area contributed by atoms with E-state index in [4.69, 9.17) is 17.3 Å². The zero-order valence-corrected chi connectivity index (χ0v) is 12.7. The summed E-state index contributed by atoms with van der Waals surface area (Å²) >= 11 is 7.24. The number of nitrogen functional groups attached to an aromatic ring is 1. The lowest BCUT2D eigenvalue weighted by molar-refractivity contribution is -0.113. The molecule has 0 aromatic heterocycles. The summed E-state index contributed by atoms with van der Waals surface area (Å²) in [5.74, 6) is 0.152. The van der Waals surface area contributed by atoms with Gasteiger partial charge >= 0.3 is 0 Å². The Morgan fingerprint density at radius 2 is 1.95 bits per heavy atom. The third-order valence-electron chi connectivity index (χ3n) is 2.68. The number of nitrogens with two attached hydrogens (primary N) is 1. The second-order valence-electron chi connectivity index (χ2n) is 4.41. The monoisotopic (exact) mass is 324 g/mol. The Kier molecular flexibility index (Phi) is 5.47. The van der Waals surface area contributed by atoms with Crippen molar-refractivity contribution in [3.63, 3.8) is 0 Å². The Balaban J connectivity index is 1.82. The summed E-state index contributed by atoms with van der Waals surface area (Å²) in [4.78, 5) is 11.8. The van der Waals surface area contributed by atoms with Crippen molar-refractivity contribution in [3.8, 4) is 0 Å². The highest BCUT2D eigenvalue weighted by atomic mass is 35.5. The highest BCUT2D eigenvalue weighted by Gasteiger charge is 2.07. The summed E-state index contributed by atoms with van der Waals surface area (Å²) in [5, 5.41) is 3.19. The molecule has 0 aliphatic rings. The van der Waals surface area contributed by atoms with Gasteiger partial charge in [-0.05, 0) is 35.9 Å². The van der Waals surface area contributed by atoms with Crippen molar-refractivity contribution in [2.45, 2.75) is 5.75 Å². The number of amides is 1. The number of carbonyl (C=O) groups is 1. The normalized spacial score (nSPS) is 10.4. The van der Waals surface area contributed by atoms with Gasteiger partial charge in [0.25, 0.3) is 0 Å². The molecular weight excluding hydrogens is 311 g/mol.